The van der Waals surface area contributed by atoms with Crippen LogP contribution in [0.1, 0.15) is 24.5 Å². The lowest BCUT2D eigenvalue weighted by Crippen LogP contribution is -2.37. The first kappa shape index (κ1) is 16.2. The maximum Gasteiger partial charge on any atom is 0.249 e. The normalized spacial score (nSPS) is 22.8. The summed E-state index contributed by atoms with van der Waals surface area (Å²) in [5, 5.41) is 13.0. The summed E-state index contributed by atoms with van der Waals surface area (Å²) in [6, 6.07) is 7.83. The number of benzene rings is 1. The number of anilines is 1. The lowest BCUT2D eigenvalue weighted by Gasteiger charge is -2.29. The molecule has 2 N–H and O–H groups in total. The zero-order chi connectivity index (χ0) is 16.1. The van der Waals surface area contributed by atoms with Gasteiger partial charge in [-0.3, -0.25) is 4.79 Å². The minimum Gasteiger partial charge on any atom is -0.387 e. The van der Waals surface area contributed by atoms with E-state index in [0.717, 1.165) is 50.4 Å². The summed E-state index contributed by atoms with van der Waals surface area (Å²) in [5.41, 5.74) is 1.93. The number of carbonyl (C=O) groups excluding carboxylic acids is 1. The van der Waals surface area contributed by atoms with Crippen molar-refractivity contribution in [1.29, 1.82) is 0 Å². The number of aliphatic hydroxyl groups excluding tert-OH is 1. The zero-order valence-corrected chi connectivity index (χ0v) is 13.2. The Hall–Kier alpha value is -1.63. The summed E-state index contributed by atoms with van der Waals surface area (Å²) in [7, 11) is 0. The van der Waals surface area contributed by atoms with E-state index in [4.69, 9.17) is 9.47 Å². The van der Waals surface area contributed by atoms with Crippen molar-refractivity contribution >= 4 is 11.6 Å². The van der Waals surface area contributed by atoms with Crippen LogP contribution < -0.4 is 10.2 Å². The van der Waals surface area contributed by atoms with Gasteiger partial charge in [0.25, 0.3) is 0 Å². The van der Waals surface area contributed by atoms with Gasteiger partial charge in [0.2, 0.25) is 5.91 Å². The van der Waals surface area contributed by atoms with E-state index < -0.39 is 6.10 Å². The van der Waals surface area contributed by atoms with Crippen LogP contribution in [0.15, 0.2) is 24.3 Å². The van der Waals surface area contributed by atoms with Gasteiger partial charge in [0.15, 0.2) is 0 Å². The first-order valence-electron chi connectivity index (χ1n) is 8.24. The second-order valence-corrected chi connectivity index (χ2v) is 5.95. The standard InChI is InChI=1S/C17H24N2O4/c20-15(12-18-17(21)16-2-1-9-23-16)13-3-5-14(6-4-13)19-7-10-22-11-8-19/h3-6,15-16,20H,1-2,7-12H2,(H,18,21). The van der Waals surface area contributed by atoms with Crippen LogP contribution in [-0.2, 0) is 14.3 Å². The Morgan fingerprint density at radius 1 is 1.26 bits per heavy atom. The number of nitrogens with one attached hydrogen (secondary N) is 1. The lowest BCUT2D eigenvalue weighted by atomic mass is 10.1. The molecule has 126 valence electrons. The molecule has 1 aromatic carbocycles. The number of hydrogen-bond donors (Lipinski definition) is 2. The fourth-order valence-electron chi connectivity index (χ4n) is 2.94. The van der Waals surface area contributed by atoms with Crippen molar-refractivity contribution in [3.05, 3.63) is 29.8 Å². The van der Waals surface area contributed by atoms with E-state index in [1.165, 1.54) is 0 Å². The van der Waals surface area contributed by atoms with Gasteiger partial charge in [0, 0.05) is 31.9 Å². The summed E-state index contributed by atoms with van der Waals surface area (Å²) in [6.07, 6.45) is 0.616. The number of ether oxygens (including phenoxy) is 2. The van der Waals surface area contributed by atoms with Gasteiger partial charge in [-0.1, -0.05) is 12.1 Å². The van der Waals surface area contributed by atoms with Crippen molar-refractivity contribution < 1.29 is 19.4 Å². The van der Waals surface area contributed by atoms with Gasteiger partial charge >= 0.3 is 0 Å². The van der Waals surface area contributed by atoms with Crippen molar-refractivity contribution in [3.8, 4) is 0 Å². The Bertz CT molecular complexity index is 508. The van der Waals surface area contributed by atoms with Gasteiger partial charge in [-0.25, -0.2) is 0 Å². The third-order valence-corrected chi connectivity index (χ3v) is 4.35. The second kappa shape index (κ2) is 7.77. The molecule has 2 saturated heterocycles. The molecule has 0 bridgehead atoms. The number of nitrogens with zero attached hydrogens (tertiary/aromatic N) is 1. The quantitative estimate of drug-likeness (QED) is 0.842. The zero-order valence-electron chi connectivity index (χ0n) is 13.2. The average Bonchev–Trinajstić information content (AvgIpc) is 3.15. The number of rotatable bonds is 5. The highest BCUT2D eigenvalue weighted by molar-refractivity contribution is 5.81. The maximum atomic E-state index is 11.9. The van der Waals surface area contributed by atoms with Gasteiger partial charge in [-0.2, -0.15) is 0 Å². The molecular weight excluding hydrogens is 296 g/mol. The monoisotopic (exact) mass is 320 g/mol. The van der Waals surface area contributed by atoms with Crippen LogP contribution in [0.4, 0.5) is 5.69 Å². The largest absolute Gasteiger partial charge is 0.387 e. The molecule has 1 aromatic rings. The number of carbonyl (C=O) groups is 1. The van der Waals surface area contributed by atoms with Gasteiger partial charge in [0.1, 0.15) is 6.10 Å². The highest BCUT2D eigenvalue weighted by Crippen LogP contribution is 2.20. The molecule has 0 saturated carbocycles. The highest BCUT2D eigenvalue weighted by Gasteiger charge is 2.23. The van der Waals surface area contributed by atoms with Crippen molar-refractivity contribution in [1.82, 2.24) is 5.32 Å². The second-order valence-electron chi connectivity index (χ2n) is 5.95. The summed E-state index contributed by atoms with van der Waals surface area (Å²) in [4.78, 5) is 14.1. The van der Waals surface area contributed by atoms with Crippen LogP contribution >= 0.6 is 0 Å². The molecule has 1 amide bonds. The average molecular weight is 320 g/mol. The summed E-state index contributed by atoms with van der Waals surface area (Å²) in [5.74, 6) is -0.133. The van der Waals surface area contributed by atoms with Gasteiger partial charge in [-0.15, -0.1) is 0 Å². The number of aliphatic hydroxyl groups is 1. The molecule has 2 aliphatic rings. The smallest absolute Gasteiger partial charge is 0.249 e. The fourth-order valence-corrected chi connectivity index (χ4v) is 2.94. The molecule has 2 atom stereocenters. The van der Waals surface area contributed by atoms with Gasteiger partial charge < -0.3 is 24.8 Å². The van der Waals surface area contributed by atoms with E-state index in [-0.39, 0.29) is 18.6 Å². The first-order valence-corrected chi connectivity index (χ1v) is 8.24. The summed E-state index contributed by atoms with van der Waals surface area (Å²) >= 11 is 0. The molecule has 23 heavy (non-hydrogen) atoms. The maximum absolute atomic E-state index is 11.9. The van der Waals surface area contributed by atoms with Crippen LogP contribution in [0.5, 0.6) is 0 Å². The molecule has 2 heterocycles. The SMILES string of the molecule is O=C(NCC(O)c1ccc(N2CCOCC2)cc1)C1CCCO1. The number of hydrogen-bond acceptors (Lipinski definition) is 5. The minimum absolute atomic E-state index is 0.133. The molecule has 2 fully saturated rings. The van der Waals surface area contributed by atoms with Crippen molar-refractivity contribution in [2.45, 2.75) is 25.0 Å². The van der Waals surface area contributed by atoms with Crippen molar-refractivity contribution in [2.24, 2.45) is 0 Å². The van der Waals surface area contributed by atoms with Gasteiger partial charge in [0.05, 0.1) is 19.3 Å². The molecule has 2 unspecified atom stereocenters. The van der Waals surface area contributed by atoms with E-state index in [0.29, 0.717) is 6.61 Å². The lowest BCUT2D eigenvalue weighted by molar-refractivity contribution is -0.130. The highest BCUT2D eigenvalue weighted by atomic mass is 16.5. The van der Waals surface area contributed by atoms with Crippen LogP contribution in [0.2, 0.25) is 0 Å². The Kier molecular flexibility index (Phi) is 5.48. The van der Waals surface area contributed by atoms with Crippen LogP contribution in [0.25, 0.3) is 0 Å². The summed E-state index contributed by atoms with van der Waals surface area (Å²) < 4.78 is 10.7. The van der Waals surface area contributed by atoms with E-state index in [1.54, 1.807) is 0 Å². The Morgan fingerprint density at radius 3 is 2.65 bits per heavy atom. The minimum atomic E-state index is -0.709. The Labute approximate surface area is 136 Å². The van der Waals surface area contributed by atoms with E-state index in [2.05, 4.69) is 10.2 Å². The molecule has 3 rings (SSSR count). The first-order chi connectivity index (χ1) is 11.2. The van der Waals surface area contributed by atoms with Crippen molar-refractivity contribution in [2.75, 3.05) is 44.4 Å². The third kappa shape index (κ3) is 4.22. The van der Waals surface area contributed by atoms with Crippen LogP contribution in [0, 0.1) is 0 Å². The van der Waals surface area contributed by atoms with E-state index in [9.17, 15) is 9.90 Å². The molecular formula is C17H24N2O4. The van der Waals surface area contributed by atoms with E-state index in [1.807, 2.05) is 24.3 Å². The van der Waals surface area contributed by atoms with Gasteiger partial charge in [-0.05, 0) is 30.5 Å². The molecule has 2 aliphatic heterocycles. The Balaban J connectivity index is 1.50. The van der Waals surface area contributed by atoms with Crippen molar-refractivity contribution in [3.63, 3.8) is 0 Å². The van der Waals surface area contributed by atoms with Crippen LogP contribution in [0.3, 0.4) is 0 Å². The number of morpholine rings is 1. The Morgan fingerprint density at radius 2 is 2.00 bits per heavy atom. The molecule has 0 spiro atoms. The topological polar surface area (TPSA) is 71.0 Å². The van der Waals surface area contributed by atoms with Crippen LogP contribution in [-0.4, -0.2) is 56.6 Å². The predicted molar refractivity (Wildman–Crippen MR) is 86.4 cm³/mol. The molecule has 0 radical (unpaired) electrons. The fraction of sp³-hybridized carbons (Fsp3) is 0.588. The van der Waals surface area contributed by atoms with E-state index >= 15 is 0 Å². The predicted octanol–water partition coefficient (Wildman–Crippen LogP) is 0.852. The third-order valence-electron chi connectivity index (χ3n) is 4.35. The molecule has 0 aliphatic carbocycles. The molecule has 6 heteroatoms. The summed E-state index contributed by atoms with van der Waals surface area (Å²) in [6.45, 7) is 4.12. The molecule has 6 nitrogen and oxygen atoms in total. The number of amides is 1. The molecule has 0 aromatic heterocycles.